The van der Waals surface area contributed by atoms with Crippen LogP contribution in [-0.2, 0) is 18.7 Å². The average molecular weight is 489 g/mol. The summed E-state index contributed by atoms with van der Waals surface area (Å²) in [7, 11) is -2.04. The molecule has 0 N–H and O–H groups in total. The summed E-state index contributed by atoms with van der Waals surface area (Å²) in [5.41, 5.74) is 0.741. The van der Waals surface area contributed by atoms with E-state index in [1.165, 1.54) is 6.08 Å². The number of unbranched alkanes of at least 4 members (excludes halogenated alkanes) is 1. The number of carbonyl (C=O) groups excluding carboxylic acids is 1. The third-order valence-electron chi connectivity index (χ3n) is 8.05. The Bertz CT molecular complexity index is 787. The van der Waals surface area contributed by atoms with Crippen LogP contribution in [0.3, 0.4) is 0 Å². The molecule has 0 aliphatic carbocycles. The van der Waals surface area contributed by atoms with Crippen molar-refractivity contribution in [2.45, 2.75) is 135 Å². The van der Waals surface area contributed by atoms with Gasteiger partial charge in [-0.3, -0.25) is 4.79 Å². The Labute approximate surface area is 210 Å². The summed E-state index contributed by atoms with van der Waals surface area (Å²) in [6.07, 6.45) is 19.4. The predicted molar refractivity (Wildman–Crippen MR) is 143 cm³/mol. The van der Waals surface area contributed by atoms with Crippen molar-refractivity contribution in [3.05, 3.63) is 23.8 Å². The fraction of sp³-hybridized carbons (Fsp3) is 0.759. The van der Waals surface area contributed by atoms with Crippen molar-refractivity contribution >= 4 is 14.6 Å². The highest BCUT2D eigenvalue weighted by molar-refractivity contribution is 6.74. The van der Waals surface area contributed by atoms with Gasteiger partial charge in [0.05, 0.1) is 11.7 Å². The maximum Gasteiger partial charge on any atom is 0.192 e. The van der Waals surface area contributed by atoms with Crippen LogP contribution >= 0.6 is 0 Å². The number of hydrogen-bond donors (Lipinski definition) is 0. The predicted octanol–water partition coefficient (Wildman–Crippen LogP) is 7.35. The maximum atomic E-state index is 10.6. The molecule has 192 valence electrons. The standard InChI is InChI=1S/C29H48O4Si/c1-10-12-18-28(33-34(8,9)27(5,6)7)21-25(11-2)31-29(22-28)19-17-24(4)26(32-29)16-15-23(3)14-13-20-30/h2,13-15,20,24-26H,10,12,16-19,21-22H2,1,3-9H3/b14-13+,23-15+/t24-,25-,26+,28+,29+/m0/s1. The van der Waals surface area contributed by atoms with Gasteiger partial charge in [-0.2, -0.15) is 0 Å². The highest BCUT2D eigenvalue weighted by Gasteiger charge is 2.55. The van der Waals surface area contributed by atoms with Gasteiger partial charge in [0, 0.05) is 19.3 Å². The monoisotopic (exact) mass is 488 g/mol. The van der Waals surface area contributed by atoms with Crippen molar-refractivity contribution in [3.63, 3.8) is 0 Å². The first-order valence-electron chi connectivity index (χ1n) is 13.1. The molecule has 2 fully saturated rings. The van der Waals surface area contributed by atoms with E-state index in [-0.39, 0.29) is 22.8 Å². The smallest absolute Gasteiger partial charge is 0.192 e. The lowest BCUT2D eigenvalue weighted by Crippen LogP contribution is -2.61. The van der Waals surface area contributed by atoms with Gasteiger partial charge in [0.15, 0.2) is 14.1 Å². The molecule has 34 heavy (non-hydrogen) atoms. The third-order valence-corrected chi connectivity index (χ3v) is 12.6. The largest absolute Gasteiger partial charge is 0.411 e. The van der Waals surface area contributed by atoms with E-state index in [1.54, 1.807) is 0 Å². The van der Waals surface area contributed by atoms with Crippen LogP contribution in [0, 0.1) is 18.3 Å². The maximum absolute atomic E-state index is 10.6. The van der Waals surface area contributed by atoms with Crippen molar-refractivity contribution < 1.29 is 18.7 Å². The molecular weight excluding hydrogens is 440 g/mol. The molecular formula is C29H48O4Si. The van der Waals surface area contributed by atoms with Crippen molar-refractivity contribution in [2.75, 3.05) is 0 Å². The first-order chi connectivity index (χ1) is 15.8. The molecule has 2 aliphatic heterocycles. The summed E-state index contributed by atoms with van der Waals surface area (Å²) in [4.78, 5) is 10.6. The van der Waals surface area contributed by atoms with Gasteiger partial charge in [-0.15, -0.1) is 6.42 Å². The van der Waals surface area contributed by atoms with Crippen LogP contribution in [0.15, 0.2) is 23.8 Å². The number of ether oxygens (including phenoxy) is 2. The molecule has 0 aromatic rings. The lowest BCUT2D eigenvalue weighted by Gasteiger charge is -2.56. The van der Waals surface area contributed by atoms with E-state index in [0.29, 0.717) is 5.92 Å². The summed E-state index contributed by atoms with van der Waals surface area (Å²) < 4.78 is 20.6. The summed E-state index contributed by atoms with van der Waals surface area (Å²) >= 11 is 0. The number of terminal acetylenes is 1. The van der Waals surface area contributed by atoms with Crippen LogP contribution in [0.25, 0.3) is 0 Å². The Morgan fingerprint density at radius 1 is 1.29 bits per heavy atom. The van der Waals surface area contributed by atoms with E-state index >= 15 is 0 Å². The molecule has 2 rings (SSSR count). The molecule has 0 bridgehead atoms. The minimum Gasteiger partial charge on any atom is -0.411 e. The highest BCUT2D eigenvalue weighted by atomic mass is 28.4. The molecule has 0 radical (unpaired) electrons. The van der Waals surface area contributed by atoms with Crippen LogP contribution in [-0.4, -0.2) is 38.2 Å². The zero-order valence-corrected chi connectivity index (χ0v) is 23.9. The number of allylic oxidation sites excluding steroid dienone is 3. The van der Waals surface area contributed by atoms with Crippen LogP contribution in [0.5, 0.6) is 0 Å². The molecule has 2 saturated heterocycles. The summed E-state index contributed by atoms with van der Waals surface area (Å²) in [6, 6.07) is 0. The van der Waals surface area contributed by atoms with Gasteiger partial charge in [-0.05, 0) is 56.3 Å². The van der Waals surface area contributed by atoms with Crippen LogP contribution in [0.4, 0.5) is 0 Å². The van der Waals surface area contributed by atoms with E-state index < -0.39 is 14.1 Å². The first kappa shape index (κ1) is 29.0. The normalized spacial score (nSPS) is 33.3. The van der Waals surface area contributed by atoms with Crippen LogP contribution < -0.4 is 0 Å². The van der Waals surface area contributed by atoms with E-state index in [4.69, 9.17) is 20.3 Å². The second kappa shape index (κ2) is 11.7. The van der Waals surface area contributed by atoms with Gasteiger partial charge in [0.1, 0.15) is 12.4 Å². The minimum absolute atomic E-state index is 0.0431. The zero-order valence-electron chi connectivity index (χ0n) is 22.9. The highest BCUT2D eigenvalue weighted by Crippen LogP contribution is 2.51. The lowest BCUT2D eigenvalue weighted by molar-refractivity contribution is -0.338. The number of rotatable bonds is 9. The van der Waals surface area contributed by atoms with Gasteiger partial charge in [0.2, 0.25) is 0 Å². The summed E-state index contributed by atoms with van der Waals surface area (Å²) in [6.45, 7) is 18.0. The van der Waals surface area contributed by atoms with Crippen molar-refractivity contribution in [1.29, 1.82) is 0 Å². The second-order valence-electron chi connectivity index (χ2n) is 12.1. The molecule has 5 atom stereocenters. The fourth-order valence-corrected chi connectivity index (χ4v) is 6.64. The summed E-state index contributed by atoms with van der Waals surface area (Å²) in [5, 5.41) is 0.116. The Balaban J connectivity index is 2.36. The van der Waals surface area contributed by atoms with E-state index in [0.717, 1.165) is 63.2 Å². The van der Waals surface area contributed by atoms with E-state index in [1.807, 2.05) is 13.0 Å². The van der Waals surface area contributed by atoms with Crippen LogP contribution in [0.2, 0.25) is 18.1 Å². The van der Waals surface area contributed by atoms with Gasteiger partial charge in [-0.25, -0.2) is 0 Å². The van der Waals surface area contributed by atoms with Crippen molar-refractivity contribution in [1.82, 2.24) is 0 Å². The summed E-state index contributed by atoms with van der Waals surface area (Å²) in [5.74, 6) is 2.63. The fourth-order valence-electron chi connectivity index (χ4n) is 4.99. The van der Waals surface area contributed by atoms with Gasteiger partial charge < -0.3 is 13.9 Å². The molecule has 2 heterocycles. The quantitative estimate of drug-likeness (QED) is 0.112. The minimum atomic E-state index is -2.04. The van der Waals surface area contributed by atoms with Gasteiger partial charge in [0.25, 0.3) is 0 Å². The number of carbonyl (C=O) groups is 1. The van der Waals surface area contributed by atoms with Crippen LogP contribution in [0.1, 0.15) is 92.9 Å². The molecule has 1 spiro atoms. The Morgan fingerprint density at radius 3 is 2.59 bits per heavy atom. The number of aldehydes is 1. The molecule has 0 aromatic carbocycles. The molecule has 2 aliphatic rings. The molecule has 5 heteroatoms. The Hall–Kier alpha value is -1.19. The van der Waals surface area contributed by atoms with Gasteiger partial charge in [-0.1, -0.05) is 71.1 Å². The second-order valence-corrected chi connectivity index (χ2v) is 16.8. The SMILES string of the molecule is C#C[C@H]1C[C@@](CCCC)(O[Si](C)(C)C(C)(C)C)C[C@]2(CC[C@H](C)[C@@H](C/C=C(C)/C=C/C=O)O2)O1. The number of hydrogen-bond acceptors (Lipinski definition) is 4. The van der Waals surface area contributed by atoms with Gasteiger partial charge >= 0.3 is 0 Å². The Kier molecular flexibility index (Phi) is 9.99. The van der Waals surface area contributed by atoms with E-state index in [9.17, 15) is 4.79 Å². The third kappa shape index (κ3) is 7.40. The molecule has 4 nitrogen and oxygen atoms in total. The van der Waals surface area contributed by atoms with Crippen molar-refractivity contribution in [2.24, 2.45) is 5.92 Å². The van der Waals surface area contributed by atoms with E-state index in [2.05, 4.69) is 59.7 Å². The lowest BCUT2D eigenvalue weighted by atomic mass is 9.77. The molecule has 0 amide bonds. The Morgan fingerprint density at radius 2 is 2.00 bits per heavy atom. The molecule has 0 unspecified atom stereocenters. The molecule has 0 saturated carbocycles. The molecule has 0 aromatic heterocycles. The zero-order chi connectivity index (χ0) is 25.6. The first-order valence-corrected chi connectivity index (χ1v) is 16.0. The topological polar surface area (TPSA) is 44.8 Å². The average Bonchev–Trinajstić information content (AvgIpc) is 2.75. The van der Waals surface area contributed by atoms with Crippen molar-refractivity contribution in [3.8, 4) is 12.3 Å².